The first-order chi connectivity index (χ1) is 15.0. The predicted octanol–water partition coefficient (Wildman–Crippen LogP) is 2.57. The molecule has 0 spiro atoms. The zero-order valence-corrected chi connectivity index (χ0v) is 17.9. The van der Waals surface area contributed by atoms with Gasteiger partial charge in [-0.25, -0.2) is 18.4 Å². The van der Waals surface area contributed by atoms with E-state index in [-0.39, 0.29) is 10.6 Å². The van der Waals surface area contributed by atoms with Crippen LogP contribution in [0.4, 0.5) is 17.2 Å². The fraction of sp³-hybridized carbons (Fsp3) is 0.200. The summed E-state index contributed by atoms with van der Waals surface area (Å²) >= 11 is 0. The fourth-order valence-corrected chi connectivity index (χ4v) is 4.70. The van der Waals surface area contributed by atoms with E-state index in [9.17, 15) is 8.42 Å². The molecule has 0 unspecified atom stereocenters. The van der Waals surface area contributed by atoms with Crippen molar-refractivity contribution in [3.8, 4) is 5.82 Å². The normalized spacial score (nSPS) is 11.8. The Labute approximate surface area is 179 Å². The number of nitrogens with two attached hydrogens (primary N) is 1. The van der Waals surface area contributed by atoms with Gasteiger partial charge < -0.3 is 11.1 Å². The quantitative estimate of drug-likeness (QED) is 0.450. The summed E-state index contributed by atoms with van der Waals surface area (Å²) in [5, 5.41) is 11.4. The molecule has 0 atom stereocenters. The highest BCUT2D eigenvalue weighted by atomic mass is 32.2. The van der Waals surface area contributed by atoms with Crippen LogP contribution in [0.25, 0.3) is 16.9 Å². The molecule has 0 aliphatic rings. The van der Waals surface area contributed by atoms with E-state index < -0.39 is 10.0 Å². The molecule has 3 N–H and O–H groups in total. The lowest BCUT2D eigenvalue weighted by Gasteiger charge is -2.18. The minimum atomic E-state index is -3.52. The van der Waals surface area contributed by atoms with E-state index in [2.05, 4.69) is 25.6 Å². The summed E-state index contributed by atoms with van der Waals surface area (Å²) in [4.78, 5) is 8.70. The second-order valence-corrected chi connectivity index (χ2v) is 8.63. The molecule has 31 heavy (non-hydrogen) atoms. The summed E-state index contributed by atoms with van der Waals surface area (Å²) < 4.78 is 28.3. The second-order valence-electron chi connectivity index (χ2n) is 6.69. The van der Waals surface area contributed by atoms with Crippen LogP contribution < -0.4 is 11.1 Å². The number of hydrogen-bond acceptors (Lipinski definition) is 8. The third kappa shape index (κ3) is 3.80. The highest BCUT2D eigenvalue weighted by Gasteiger charge is 2.21. The summed E-state index contributed by atoms with van der Waals surface area (Å²) in [6.45, 7) is 4.45. The first kappa shape index (κ1) is 20.7. The van der Waals surface area contributed by atoms with Gasteiger partial charge in [0, 0.05) is 18.8 Å². The molecule has 0 amide bonds. The molecule has 2 aromatic carbocycles. The van der Waals surface area contributed by atoms with E-state index in [1.165, 1.54) is 10.6 Å². The van der Waals surface area contributed by atoms with Crippen molar-refractivity contribution in [2.45, 2.75) is 18.7 Å². The van der Waals surface area contributed by atoms with Gasteiger partial charge in [0.05, 0.1) is 10.4 Å². The Morgan fingerprint density at radius 3 is 2.45 bits per heavy atom. The molecule has 11 heteroatoms. The van der Waals surface area contributed by atoms with Gasteiger partial charge in [0.25, 0.3) is 0 Å². The molecule has 0 aliphatic carbocycles. The average molecular weight is 439 g/mol. The number of hydrogen-bond donors (Lipinski definition) is 2. The highest BCUT2D eigenvalue weighted by Crippen LogP contribution is 2.27. The smallest absolute Gasteiger partial charge is 0.243 e. The number of benzene rings is 2. The van der Waals surface area contributed by atoms with Crippen molar-refractivity contribution in [3.05, 3.63) is 54.9 Å². The van der Waals surface area contributed by atoms with Crippen molar-refractivity contribution in [2.75, 3.05) is 24.1 Å². The standard InChI is InChI=1S/C20H22N8O2S/c1-3-27(4-2)31(29,30)15-11-9-14(10-12-15)24-19-18(21)20(23-13-22-19)28-17-8-6-5-7-16(17)25-26-28/h5-13H,3-4,21H2,1-2H3,(H,22,23,24). The number of nitrogen functional groups attached to an aromatic ring is 1. The number of nitrogens with zero attached hydrogens (tertiary/aromatic N) is 6. The van der Waals surface area contributed by atoms with Gasteiger partial charge in [-0.2, -0.15) is 8.99 Å². The summed E-state index contributed by atoms with van der Waals surface area (Å²) in [7, 11) is -3.52. The van der Waals surface area contributed by atoms with Crippen LogP contribution in [0.1, 0.15) is 13.8 Å². The molecule has 0 radical (unpaired) electrons. The topological polar surface area (TPSA) is 132 Å². The molecule has 160 valence electrons. The van der Waals surface area contributed by atoms with E-state index in [0.29, 0.717) is 30.4 Å². The maximum absolute atomic E-state index is 12.7. The Morgan fingerprint density at radius 2 is 1.74 bits per heavy atom. The Hall–Kier alpha value is -3.57. The van der Waals surface area contributed by atoms with Crippen LogP contribution >= 0.6 is 0 Å². The Balaban J connectivity index is 1.63. The van der Waals surface area contributed by atoms with Crippen LogP contribution in [0.5, 0.6) is 0 Å². The van der Waals surface area contributed by atoms with Crippen LogP contribution in [-0.4, -0.2) is 50.8 Å². The number of aromatic nitrogens is 5. The van der Waals surface area contributed by atoms with E-state index in [1.54, 1.807) is 28.9 Å². The minimum Gasteiger partial charge on any atom is -0.393 e. The lowest BCUT2D eigenvalue weighted by atomic mass is 10.3. The van der Waals surface area contributed by atoms with Crippen molar-refractivity contribution < 1.29 is 8.42 Å². The van der Waals surface area contributed by atoms with Gasteiger partial charge in [-0.3, -0.25) is 0 Å². The third-order valence-corrected chi connectivity index (χ3v) is 6.94. The van der Waals surface area contributed by atoms with Gasteiger partial charge in [-0.15, -0.1) is 5.10 Å². The lowest BCUT2D eigenvalue weighted by Crippen LogP contribution is -2.30. The first-order valence-electron chi connectivity index (χ1n) is 9.74. The molecule has 0 aliphatic heterocycles. The van der Waals surface area contributed by atoms with E-state index >= 15 is 0 Å². The van der Waals surface area contributed by atoms with Crippen LogP contribution in [0.2, 0.25) is 0 Å². The fourth-order valence-electron chi connectivity index (χ4n) is 3.24. The molecular formula is C20H22N8O2S. The summed E-state index contributed by atoms with van der Waals surface area (Å²) in [6, 6.07) is 13.9. The molecular weight excluding hydrogens is 416 g/mol. The molecule has 10 nitrogen and oxygen atoms in total. The average Bonchev–Trinajstić information content (AvgIpc) is 3.20. The molecule has 2 aromatic heterocycles. The Kier molecular flexibility index (Phi) is 5.53. The Morgan fingerprint density at radius 1 is 1.03 bits per heavy atom. The molecule has 0 bridgehead atoms. The summed E-state index contributed by atoms with van der Waals surface area (Å²) in [5.74, 6) is 0.774. The zero-order chi connectivity index (χ0) is 22.0. The molecule has 2 heterocycles. The van der Waals surface area contributed by atoms with Crippen molar-refractivity contribution in [3.63, 3.8) is 0 Å². The molecule has 4 aromatic rings. The van der Waals surface area contributed by atoms with Gasteiger partial charge in [0.2, 0.25) is 10.0 Å². The molecule has 4 rings (SSSR count). The molecule has 0 fully saturated rings. The van der Waals surface area contributed by atoms with Crippen LogP contribution in [0.3, 0.4) is 0 Å². The molecule has 0 saturated carbocycles. The summed E-state index contributed by atoms with van der Waals surface area (Å²) in [6.07, 6.45) is 1.38. The third-order valence-electron chi connectivity index (χ3n) is 4.88. The van der Waals surface area contributed by atoms with E-state index in [0.717, 1.165) is 11.0 Å². The van der Waals surface area contributed by atoms with Crippen LogP contribution in [-0.2, 0) is 10.0 Å². The van der Waals surface area contributed by atoms with E-state index in [4.69, 9.17) is 5.73 Å². The van der Waals surface area contributed by atoms with Gasteiger partial charge in [0.15, 0.2) is 11.6 Å². The first-order valence-corrected chi connectivity index (χ1v) is 11.2. The monoisotopic (exact) mass is 438 g/mol. The van der Waals surface area contributed by atoms with Gasteiger partial charge in [-0.05, 0) is 36.4 Å². The largest absolute Gasteiger partial charge is 0.393 e. The maximum Gasteiger partial charge on any atom is 0.243 e. The van der Waals surface area contributed by atoms with E-state index in [1.807, 2.05) is 38.1 Å². The maximum atomic E-state index is 12.7. The minimum absolute atomic E-state index is 0.229. The lowest BCUT2D eigenvalue weighted by molar-refractivity contribution is 0.445. The SMILES string of the molecule is CCN(CC)S(=O)(=O)c1ccc(Nc2ncnc(-n3nnc4ccccc43)c2N)cc1. The highest BCUT2D eigenvalue weighted by molar-refractivity contribution is 7.89. The van der Waals surface area contributed by atoms with Crippen molar-refractivity contribution in [1.82, 2.24) is 29.3 Å². The van der Waals surface area contributed by atoms with Crippen LogP contribution in [0.15, 0.2) is 59.8 Å². The summed E-state index contributed by atoms with van der Waals surface area (Å²) in [5.41, 5.74) is 8.73. The van der Waals surface area contributed by atoms with Crippen molar-refractivity contribution in [2.24, 2.45) is 0 Å². The zero-order valence-electron chi connectivity index (χ0n) is 17.1. The Bertz CT molecular complexity index is 1310. The second kappa shape index (κ2) is 8.28. The number of rotatable bonds is 7. The van der Waals surface area contributed by atoms with Gasteiger partial charge in [-0.1, -0.05) is 31.2 Å². The number of anilines is 3. The number of para-hydroxylation sites is 1. The van der Waals surface area contributed by atoms with Crippen molar-refractivity contribution >= 4 is 38.2 Å². The van der Waals surface area contributed by atoms with Crippen molar-refractivity contribution in [1.29, 1.82) is 0 Å². The number of nitrogens with one attached hydrogen (secondary N) is 1. The predicted molar refractivity (Wildman–Crippen MR) is 119 cm³/mol. The van der Waals surface area contributed by atoms with Crippen LogP contribution in [0, 0.1) is 0 Å². The molecule has 0 saturated heterocycles. The number of fused-ring (bicyclic) bond motifs is 1. The van der Waals surface area contributed by atoms with Gasteiger partial charge >= 0.3 is 0 Å². The number of sulfonamides is 1. The van der Waals surface area contributed by atoms with Gasteiger partial charge in [0.1, 0.15) is 17.5 Å².